The molecule has 0 aliphatic heterocycles. The van der Waals surface area contributed by atoms with Crippen LogP contribution in [0.2, 0.25) is 0 Å². The molecule has 0 saturated carbocycles. The molecule has 0 aliphatic rings. The maximum Gasteiger partial charge on any atom is 0.414 e. The number of nitrogens with zero attached hydrogens (tertiary/aromatic N) is 2. The Morgan fingerprint density at radius 3 is 2.42 bits per heavy atom. The number of hydrogen-bond donors (Lipinski definition) is 6. The van der Waals surface area contributed by atoms with Crippen LogP contribution in [0.25, 0.3) is 0 Å². The van der Waals surface area contributed by atoms with Gasteiger partial charge in [0, 0.05) is 25.1 Å². The lowest BCUT2D eigenvalue weighted by molar-refractivity contribution is -0.205. The summed E-state index contributed by atoms with van der Waals surface area (Å²) in [5.74, 6) is -1.29. The summed E-state index contributed by atoms with van der Waals surface area (Å²) >= 11 is 1.26. The number of halogens is 3. The second kappa shape index (κ2) is 22.1. The lowest BCUT2D eigenvalue weighted by Crippen LogP contribution is -2.35. The maximum atomic E-state index is 12.5. The van der Waals surface area contributed by atoms with Gasteiger partial charge in [0.1, 0.15) is 10.8 Å². The molecule has 15 heteroatoms. The molecule has 264 valence electrons. The van der Waals surface area contributed by atoms with Crippen molar-refractivity contribution in [2.75, 3.05) is 5.32 Å². The van der Waals surface area contributed by atoms with Crippen molar-refractivity contribution in [3.05, 3.63) is 87.9 Å². The van der Waals surface area contributed by atoms with Crippen LogP contribution < -0.4 is 27.4 Å². The Kier molecular flexibility index (Phi) is 19.2. The smallest absolute Gasteiger partial charge is 0.402 e. The number of anilines is 1. The Morgan fingerprint density at radius 2 is 1.73 bits per heavy atom. The summed E-state index contributed by atoms with van der Waals surface area (Å²) in [6.45, 7) is 7.70. The summed E-state index contributed by atoms with van der Waals surface area (Å²) in [5, 5.41) is 25.9. The highest BCUT2D eigenvalue weighted by molar-refractivity contribution is 7.15. The van der Waals surface area contributed by atoms with Crippen LogP contribution in [0.1, 0.15) is 75.9 Å². The molecule has 0 radical (unpaired) electrons. The number of amides is 3. The molecule has 2 aromatic rings. The van der Waals surface area contributed by atoms with E-state index in [1.54, 1.807) is 36.4 Å². The fourth-order valence-corrected chi connectivity index (χ4v) is 4.67. The van der Waals surface area contributed by atoms with Crippen LogP contribution >= 0.6 is 11.3 Å². The van der Waals surface area contributed by atoms with E-state index in [0.717, 1.165) is 23.4 Å². The molecule has 0 bridgehead atoms. The zero-order valence-electron chi connectivity index (χ0n) is 27.7. The standard InChI is InChI=1S/C31H40F3N7O4S.C2H6/c1-3-4-8-20(2)15-27(44)38-25(36)14-13-23(35)11-5-6-12-29-40-41-30(46-29)39-28(45)17-21-9-7-10-22(16-21)19-37-26(43)18-24(42)31(32,33)34;1-2/h3-4,7-10,13-14,16,24,42H,5-6,11-12,15,17-19,35-36H2,1-2H3,(H,37,43)(H,38,44)(H,39,41,45);1-2H3/b4-3-,20-8+,23-13-,25-14+;. The van der Waals surface area contributed by atoms with Crippen LogP contribution in [0.4, 0.5) is 18.3 Å². The van der Waals surface area contributed by atoms with E-state index in [9.17, 15) is 27.6 Å². The molecule has 0 aliphatic carbocycles. The van der Waals surface area contributed by atoms with Gasteiger partial charge < -0.3 is 32.5 Å². The molecule has 1 heterocycles. The van der Waals surface area contributed by atoms with Gasteiger partial charge in [-0.15, -0.1) is 10.2 Å². The Morgan fingerprint density at radius 1 is 1.02 bits per heavy atom. The number of aliphatic hydroxyl groups is 1. The lowest BCUT2D eigenvalue weighted by Gasteiger charge is -2.14. The molecule has 1 aromatic heterocycles. The van der Waals surface area contributed by atoms with E-state index in [2.05, 4.69) is 26.1 Å². The molecule has 48 heavy (non-hydrogen) atoms. The Bertz CT molecular complexity index is 1450. The zero-order valence-corrected chi connectivity index (χ0v) is 28.5. The number of allylic oxidation sites excluding steroid dienone is 6. The first-order valence-corrected chi connectivity index (χ1v) is 16.3. The van der Waals surface area contributed by atoms with Crippen molar-refractivity contribution in [1.82, 2.24) is 20.8 Å². The fraction of sp³-hybridized carbons (Fsp3) is 0.424. The van der Waals surface area contributed by atoms with Gasteiger partial charge in [0.25, 0.3) is 0 Å². The Balaban J connectivity index is 0.00000565. The normalized spacial score (nSPS) is 13.0. The number of unbranched alkanes of at least 4 members (excludes halogenated alkanes) is 1. The molecule has 3 amide bonds. The number of carbonyl (C=O) groups is 3. The van der Waals surface area contributed by atoms with E-state index < -0.39 is 24.6 Å². The third kappa shape index (κ3) is 18.0. The number of aliphatic hydroxyl groups excluding tert-OH is 1. The topological polar surface area (TPSA) is 185 Å². The summed E-state index contributed by atoms with van der Waals surface area (Å²) in [6, 6.07) is 6.67. The second-order valence-corrected chi connectivity index (χ2v) is 11.5. The van der Waals surface area contributed by atoms with Gasteiger partial charge in [-0.3, -0.25) is 14.4 Å². The van der Waals surface area contributed by atoms with Gasteiger partial charge in [0.15, 0.2) is 6.10 Å². The van der Waals surface area contributed by atoms with Gasteiger partial charge in [-0.25, -0.2) is 0 Å². The van der Waals surface area contributed by atoms with Crippen LogP contribution in [0.5, 0.6) is 0 Å². The number of rotatable bonds is 17. The summed E-state index contributed by atoms with van der Waals surface area (Å²) in [7, 11) is 0. The molecular weight excluding hydrogens is 647 g/mol. The monoisotopic (exact) mass is 693 g/mol. The van der Waals surface area contributed by atoms with Crippen LogP contribution in [-0.2, 0) is 33.8 Å². The SMILES string of the molecule is C/C=C\C=C(/C)CC(=O)N/C(N)=C/C=C(\N)CCCCc1nnc(NC(=O)Cc2cccc(CNC(=O)CC(O)C(F)(F)F)c2)s1.CC. The third-order valence-electron chi connectivity index (χ3n) is 6.19. The van der Waals surface area contributed by atoms with Crippen molar-refractivity contribution in [2.45, 2.75) is 91.5 Å². The van der Waals surface area contributed by atoms with Gasteiger partial charge in [-0.1, -0.05) is 73.3 Å². The predicted molar refractivity (Wildman–Crippen MR) is 182 cm³/mol. The van der Waals surface area contributed by atoms with Crippen molar-refractivity contribution >= 4 is 34.2 Å². The van der Waals surface area contributed by atoms with Crippen molar-refractivity contribution in [3.8, 4) is 0 Å². The van der Waals surface area contributed by atoms with Gasteiger partial charge in [-0.05, 0) is 56.4 Å². The number of aryl methyl sites for hydroxylation is 1. The van der Waals surface area contributed by atoms with Crippen LogP contribution in [0.3, 0.4) is 0 Å². The first-order valence-electron chi connectivity index (χ1n) is 15.5. The van der Waals surface area contributed by atoms with Crippen molar-refractivity contribution in [2.24, 2.45) is 11.5 Å². The van der Waals surface area contributed by atoms with Crippen LogP contribution in [0, 0.1) is 0 Å². The molecule has 1 unspecified atom stereocenters. The largest absolute Gasteiger partial charge is 0.414 e. The molecule has 2 rings (SSSR count). The average Bonchev–Trinajstić information content (AvgIpc) is 3.47. The van der Waals surface area contributed by atoms with Crippen molar-refractivity contribution in [1.29, 1.82) is 0 Å². The molecule has 8 N–H and O–H groups in total. The third-order valence-corrected chi connectivity index (χ3v) is 7.09. The summed E-state index contributed by atoms with van der Waals surface area (Å²) in [6.07, 6.45) is 3.18. The Labute approximate surface area is 283 Å². The van der Waals surface area contributed by atoms with Crippen molar-refractivity contribution < 1.29 is 32.7 Å². The van der Waals surface area contributed by atoms with E-state index in [-0.39, 0.29) is 37.0 Å². The number of benzene rings is 1. The number of alkyl halides is 3. The second-order valence-electron chi connectivity index (χ2n) is 10.4. The molecule has 0 spiro atoms. The highest BCUT2D eigenvalue weighted by atomic mass is 32.1. The number of carbonyl (C=O) groups excluding carboxylic acids is 3. The van der Waals surface area contributed by atoms with Crippen LogP contribution in [-0.4, -0.2) is 45.3 Å². The summed E-state index contributed by atoms with van der Waals surface area (Å²) < 4.78 is 37.3. The minimum atomic E-state index is -4.87. The van der Waals surface area contributed by atoms with Gasteiger partial charge in [-0.2, -0.15) is 13.2 Å². The quantitative estimate of drug-likeness (QED) is 0.0981. The summed E-state index contributed by atoms with van der Waals surface area (Å²) in [5.41, 5.74) is 14.6. The highest BCUT2D eigenvalue weighted by Crippen LogP contribution is 2.22. The van der Waals surface area contributed by atoms with Crippen LogP contribution in [0.15, 0.2) is 71.7 Å². The maximum absolute atomic E-state index is 12.5. The Hall–Kier alpha value is -4.50. The zero-order chi connectivity index (χ0) is 36.1. The summed E-state index contributed by atoms with van der Waals surface area (Å²) in [4.78, 5) is 36.3. The van der Waals surface area contributed by atoms with Gasteiger partial charge in [0.05, 0.1) is 12.8 Å². The molecule has 0 saturated heterocycles. The first-order chi connectivity index (χ1) is 22.7. The molecular formula is C33H46F3N7O4S. The fourth-order valence-electron chi connectivity index (χ4n) is 3.87. The van der Waals surface area contributed by atoms with E-state index in [1.165, 1.54) is 11.3 Å². The number of nitrogens with two attached hydrogens (primary N) is 2. The molecule has 1 aromatic carbocycles. The van der Waals surface area contributed by atoms with Crippen molar-refractivity contribution in [3.63, 3.8) is 0 Å². The molecule has 1 atom stereocenters. The number of aromatic nitrogens is 2. The predicted octanol–water partition coefficient (Wildman–Crippen LogP) is 5.06. The number of hydrogen-bond acceptors (Lipinski definition) is 9. The first kappa shape index (κ1) is 41.5. The van der Waals surface area contributed by atoms with E-state index in [1.807, 2.05) is 45.9 Å². The van der Waals surface area contributed by atoms with E-state index >= 15 is 0 Å². The average molecular weight is 694 g/mol. The molecule has 11 nitrogen and oxygen atoms in total. The van der Waals surface area contributed by atoms with Gasteiger partial charge in [0.2, 0.25) is 22.9 Å². The lowest BCUT2D eigenvalue weighted by atomic mass is 10.1. The highest BCUT2D eigenvalue weighted by Gasteiger charge is 2.39. The van der Waals surface area contributed by atoms with E-state index in [4.69, 9.17) is 16.6 Å². The minimum absolute atomic E-state index is 0.00495. The minimum Gasteiger partial charge on any atom is -0.402 e. The molecule has 0 fully saturated rings. The van der Waals surface area contributed by atoms with Gasteiger partial charge >= 0.3 is 6.18 Å². The number of nitrogens with one attached hydrogen (secondary N) is 3. The van der Waals surface area contributed by atoms with E-state index in [0.29, 0.717) is 34.8 Å².